The van der Waals surface area contributed by atoms with Gasteiger partial charge in [-0.3, -0.25) is 10.1 Å². The number of nitrogens with zero attached hydrogens (tertiary/aromatic N) is 1. The number of carboxylic acids is 1. The van der Waals surface area contributed by atoms with E-state index in [0.717, 1.165) is 26.9 Å². The van der Waals surface area contributed by atoms with Crippen LogP contribution in [0.3, 0.4) is 0 Å². The first-order valence-corrected chi connectivity index (χ1v) is 8.08. The maximum atomic E-state index is 12.0. The molecule has 5 aromatic rings. The lowest BCUT2D eigenvalue weighted by molar-refractivity contribution is -0.383. The molecular formula is C21H11NO4. The quantitative estimate of drug-likeness (QED) is 0.203. The highest BCUT2D eigenvalue weighted by atomic mass is 16.6. The standard InChI is InChI=1S/C21H11NO4/c23-21(24)20-13-4-2-1-3-12(13)14-7-5-11-6-10-17(22(25)26)15-8-9-16(20)19(14)18(11)15/h1-10H,(H,23,24). The summed E-state index contributed by atoms with van der Waals surface area (Å²) in [4.78, 5) is 23.1. The zero-order chi connectivity index (χ0) is 18.0. The van der Waals surface area contributed by atoms with Gasteiger partial charge in [0.05, 0.1) is 15.9 Å². The van der Waals surface area contributed by atoms with Gasteiger partial charge < -0.3 is 5.11 Å². The molecule has 0 radical (unpaired) electrons. The fraction of sp³-hybridized carbons (Fsp3) is 0. The van der Waals surface area contributed by atoms with Crippen LogP contribution >= 0.6 is 0 Å². The summed E-state index contributed by atoms with van der Waals surface area (Å²) in [6.07, 6.45) is 0. The normalized spacial score (nSPS) is 11.7. The molecule has 0 heterocycles. The molecular weight excluding hydrogens is 330 g/mol. The van der Waals surface area contributed by atoms with Crippen molar-refractivity contribution in [1.82, 2.24) is 0 Å². The van der Waals surface area contributed by atoms with Crippen molar-refractivity contribution in [2.45, 2.75) is 0 Å². The van der Waals surface area contributed by atoms with Gasteiger partial charge in [0.1, 0.15) is 0 Å². The lowest BCUT2D eigenvalue weighted by Gasteiger charge is -2.15. The van der Waals surface area contributed by atoms with Crippen molar-refractivity contribution in [2.75, 3.05) is 0 Å². The number of fused-ring (bicyclic) bond motifs is 2. The minimum atomic E-state index is -1.01. The monoisotopic (exact) mass is 341 g/mol. The predicted molar refractivity (Wildman–Crippen MR) is 101 cm³/mol. The molecule has 5 rings (SSSR count). The Morgan fingerprint density at radius 3 is 2.15 bits per heavy atom. The molecule has 0 fully saturated rings. The van der Waals surface area contributed by atoms with Gasteiger partial charge in [0.25, 0.3) is 5.69 Å². The van der Waals surface area contributed by atoms with E-state index in [-0.39, 0.29) is 11.3 Å². The van der Waals surface area contributed by atoms with Gasteiger partial charge in [-0.15, -0.1) is 0 Å². The molecule has 0 aliphatic rings. The zero-order valence-corrected chi connectivity index (χ0v) is 13.4. The number of hydrogen-bond donors (Lipinski definition) is 1. The minimum Gasteiger partial charge on any atom is -0.478 e. The topological polar surface area (TPSA) is 80.4 Å². The van der Waals surface area contributed by atoms with Gasteiger partial charge >= 0.3 is 5.97 Å². The second-order valence-electron chi connectivity index (χ2n) is 6.31. The molecule has 0 amide bonds. The second-order valence-corrected chi connectivity index (χ2v) is 6.31. The summed E-state index contributed by atoms with van der Waals surface area (Å²) in [5, 5.41) is 27.2. The van der Waals surface area contributed by atoms with Gasteiger partial charge in [0, 0.05) is 11.5 Å². The minimum absolute atomic E-state index is 0.0249. The third-order valence-electron chi connectivity index (χ3n) is 5.06. The number of nitro benzene ring substituents is 1. The van der Waals surface area contributed by atoms with Crippen LogP contribution in [0.4, 0.5) is 5.69 Å². The fourth-order valence-corrected chi connectivity index (χ4v) is 4.04. The zero-order valence-electron chi connectivity index (χ0n) is 13.4. The Kier molecular flexibility index (Phi) is 2.75. The van der Waals surface area contributed by atoms with E-state index >= 15 is 0 Å². The molecule has 0 aliphatic heterocycles. The maximum Gasteiger partial charge on any atom is 0.336 e. The van der Waals surface area contributed by atoms with E-state index < -0.39 is 10.9 Å². The lowest BCUT2D eigenvalue weighted by atomic mass is 9.87. The predicted octanol–water partition coefficient (Wildman–Crippen LogP) is 5.34. The Hall–Kier alpha value is -3.73. The molecule has 0 aliphatic carbocycles. The highest BCUT2D eigenvalue weighted by molar-refractivity contribution is 6.34. The summed E-state index contributed by atoms with van der Waals surface area (Å²) in [5.74, 6) is -1.01. The highest BCUT2D eigenvalue weighted by Crippen LogP contribution is 2.43. The number of nitro groups is 1. The highest BCUT2D eigenvalue weighted by Gasteiger charge is 2.22. The number of carbonyl (C=O) groups is 1. The Labute approximate surface area is 146 Å². The molecule has 0 aromatic heterocycles. The first-order chi connectivity index (χ1) is 12.6. The number of non-ortho nitro benzene ring substituents is 1. The van der Waals surface area contributed by atoms with Crippen molar-refractivity contribution in [3.63, 3.8) is 0 Å². The van der Waals surface area contributed by atoms with Crippen molar-refractivity contribution in [3.05, 3.63) is 76.3 Å². The third kappa shape index (κ3) is 1.71. The molecule has 5 heteroatoms. The first kappa shape index (κ1) is 14.6. The lowest BCUT2D eigenvalue weighted by Crippen LogP contribution is -2.01. The average Bonchev–Trinajstić information content (AvgIpc) is 2.64. The van der Waals surface area contributed by atoms with Crippen LogP contribution in [0.15, 0.2) is 60.7 Å². The Morgan fingerprint density at radius 2 is 1.42 bits per heavy atom. The van der Waals surface area contributed by atoms with Crippen LogP contribution in [-0.2, 0) is 0 Å². The Morgan fingerprint density at radius 1 is 0.769 bits per heavy atom. The summed E-state index contributed by atoms with van der Waals surface area (Å²) in [5.41, 5.74) is 0.255. The second kappa shape index (κ2) is 4.89. The molecule has 124 valence electrons. The van der Waals surface area contributed by atoms with Crippen LogP contribution in [0.25, 0.3) is 43.1 Å². The molecule has 0 saturated carbocycles. The van der Waals surface area contributed by atoms with Crippen LogP contribution in [0, 0.1) is 10.1 Å². The number of carboxylic acid groups (broad SMARTS) is 1. The molecule has 0 bridgehead atoms. The van der Waals surface area contributed by atoms with Crippen molar-refractivity contribution in [2.24, 2.45) is 0 Å². The molecule has 0 unspecified atom stereocenters. The SMILES string of the molecule is O=C(O)c1c2ccccc2c2ccc3ccc([N+](=O)[O-])c4ccc1c2c34. The maximum absolute atomic E-state index is 12.0. The summed E-state index contributed by atoms with van der Waals surface area (Å²) >= 11 is 0. The van der Waals surface area contributed by atoms with E-state index in [2.05, 4.69) is 0 Å². The van der Waals surface area contributed by atoms with E-state index in [4.69, 9.17) is 0 Å². The summed E-state index contributed by atoms with van der Waals surface area (Å²) < 4.78 is 0. The molecule has 0 spiro atoms. The van der Waals surface area contributed by atoms with Crippen molar-refractivity contribution in [3.8, 4) is 0 Å². The summed E-state index contributed by atoms with van der Waals surface area (Å²) in [7, 11) is 0. The van der Waals surface area contributed by atoms with E-state index in [9.17, 15) is 20.0 Å². The van der Waals surface area contributed by atoms with Gasteiger partial charge in [0.15, 0.2) is 0 Å². The van der Waals surface area contributed by atoms with E-state index in [1.807, 2.05) is 30.3 Å². The summed E-state index contributed by atoms with van der Waals surface area (Å²) in [6.45, 7) is 0. The van der Waals surface area contributed by atoms with E-state index in [1.54, 1.807) is 24.3 Å². The summed E-state index contributed by atoms with van der Waals surface area (Å²) in [6, 6.07) is 17.8. The van der Waals surface area contributed by atoms with Crippen molar-refractivity contribution < 1.29 is 14.8 Å². The molecule has 0 saturated heterocycles. The van der Waals surface area contributed by atoms with E-state index in [0.29, 0.717) is 16.2 Å². The molecule has 0 atom stereocenters. The Balaban J connectivity index is 2.18. The Bertz CT molecular complexity index is 1390. The smallest absolute Gasteiger partial charge is 0.336 e. The van der Waals surface area contributed by atoms with Crippen molar-refractivity contribution in [1.29, 1.82) is 0 Å². The number of aromatic carboxylic acids is 1. The van der Waals surface area contributed by atoms with Crippen molar-refractivity contribution >= 4 is 54.7 Å². The van der Waals surface area contributed by atoms with Gasteiger partial charge in [-0.2, -0.15) is 0 Å². The largest absolute Gasteiger partial charge is 0.478 e. The number of hydrogen-bond acceptors (Lipinski definition) is 3. The van der Waals surface area contributed by atoms with Gasteiger partial charge in [-0.1, -0.05) is 42.5 Å². The third-order valence-corrected chi connectivity index (χ3v) is 5.06. The van der Waals surface area contributed by atoms with E-state index in [1.165, 1.54) is 6.07 Å². The van der Waals surface area contributed by atoms with Gasteiger partial charge in [-0.05, 0) is 44.5 Å². The number of benzene rings is 5. The molecule has 26 heavy (non-hydrogen) atoms. The average molecular weight is 341 g/mol. The van der Waals surface area contributed by atoms with Crippen LogP contribution in [0.1, 0.15) is 10.4 Å². The molecule has 5 aromatic carbocycles. The molecule has 1 N–H and O–H groups in total. The first-order valence-electron chi connectivity index (χ1n) is 8.08. The van der Waals surface area contributed by atoms with Gasteiger partial charge in [0.2, 0.25) is 0 Å². The van der Waals surface area contributed by atoms with Crippen LogP contribution in [-0.4, -0.2) is 16.0 Å². The van der Waals surface area contributed by atoms with Crippen LogP contribution in [0.2, 0.25) is 0 Å². The van der Waals surface area contributed by atoms with Crippen LogP contribution < -0.4 is 0 Å². The molecule has 5 nitrogen and oxygen atoms in total. The fourth-order valence-electron chi connectivity index (χ4n) is 4.04. The van der Waals surface area contributed by atoms with Crippen LogP contribution in [0.5, 0.6) is 0 Å². The van der Waals surface area contributed by atoms with Gasteiger partial charge in [-0.25, -0.2) is 4.79 Å². The number of rotatable bonds is 2.